The topological polar surface area (TPSA) is 95.0 Å². The average Bonchev–Trinajstić information content (AvgIpc) is 3.15. The molecule has 1 aromatic carbocycles. The number of phenols is 1. The van der Waals surface area contributed by atoms with Gasteiger partial charge in [0, 0.05) is 18.0 Å². The van der Waals surface area contributed by atoms with Crippen molar-refractivity contribution in [2.45, 2.75) is 41.9 Å². The fourth-order valence-electron chi connectivity index (χ4n) is 6.37. The van der Waals surface area contributed by atoms with E-state index >= 15 is 0 Å². The summed E-state index contributed by atoms with van der Waals surface area (Å²) in [4.78, 5) is 51.6. The first-order valence-electron chi connectivity index (χ1n) is 11.4. The van der Waals surface area contributed by atoms with E-state index in [1.165, 1.54) is 17.0 Å². The van der Waals surface area contributed by atoms with Crippen LogP contribution in [0.4, 0.5) is 4.39 Å². The molecule has 2 heterocycles. The number of alkyl halides is 3. The number of hydrogen-bond donors (Lipinski definition) is 1. The number of nitrogens with zero attached hydrogens (tertiary/aromatic N) is 2. The lowest BCUT2D eigenvalue weighted by atomic mass is 9.56. The maximum absolute atomic E-state index is 14.5. The Kier molecular flexibility index (Phi) is 5.85. The number of allylic oxidation sites excluding steroid dienone is 2. The van der Waals surface area contributed by atoms with Gasteiger partial charge in [0.15, 0.2) is 21.3 Å². The molecule has 2 aliphatic carbocycles. The molecule has 7 nitrogen and oxygen atoms in total. The predicted molar refractivity (Wildman–Crippen MR) is 128 cm³/mol. The van der Waals surface area contributed by atoms with Crippen molar-refractivity contribution >= 4 is 62.8 Å². The summed E-state index contributed by atoms with van der Waals surface area (Å²) >= 11 is 17.2. The van der Waals surface area contributed by atoms with Crippen LogP contribution < -0.4 is 0 Å². The van der Waals surface area contributed by atoms with Crippen LogP contribution in [0.5, 0.6) is 5.75 Å². The predicted octanol–water partition coefficient (Wildman–Crippen LogP) is 3.65. The van der Waals surface area contributed by atoms with Crippen LogP contribution in [0.1, 0.15) is 37.7 Å². The second-order valence-corrected chi connectivity index (χ2v) is 11.2. The standard InChI is InChI=1S/C24H22BrCl2FN2O5/c1-2-8-29-19(32)12-7-6-11-14(16(12)20(29)33)9-23(26)21(34)30(10-25)22(35)24(23,27)17(11)13-4-3-5-15(28)18(13)31/h3-6,12,14,16-17,31H,2,7-10H2,1H3. The number of halogens is 4. The van der Waals surface area contributed by atoms with Gasteiger partial charge in [-0.15, -0.1) is 23.2 Å². The number of likely N-dealkylation sites (tertiary alicyclic amines) is 2. The van der Waals surface area contributed by atoms with Crippen LogP contribution in [0.3, 0.4) is 0 Å². The highest BCUT2D eigenvalue weighted by atomic mass is 79.9. The van der Waals surface area contributed by atoms with Gasteiger partial charge in [-0.3, -0.25) is 29.0 Å². The van der Waals surface area contributed by atoms with Crippen molar-refractivity contribution in [2.75, 3.05) is 12.0 Å². The minimum absolute atomic E-state index is 0.000755. The van der Waals surface area contributed by atoms with Gasteiger partial charge in [0.25, 0.3) is 11.8 Å². The van der Waals surface area contributed by atoms with Gasteiger partial charge in [-0.05, 0) is 31.2 Å². The Balaban J connectivity index is 1.74. The summed E-state index contributed by atoms with van der Waals surface area (Å²) in [5.41, 5.74) is 0.349. The molecule has 1 saturated carbocycles. The summed E-state index contributed by atoms with van der Waals surface area (Å²) in [6, 6.07) is 3.86. The largest absolute Gasteiger partial charge is 0.505 e. The number of amides is 4. The van der Waals surface area contributed by atoms with Crippen molar-refractivity contribution in [3.63, 3.8) is 0 Å². The van der Waals surface area contributed by atoms with Crippen molar-refractivity contribution < 1.29 is 28.7 Å². The van der Waals surface area contributed by atoms with Crippen molar-refractivity contribution in [1.82, 2.24) is 9.80 Å². The second kappa shape index (κ2) is 8.28. The Morgan fingerprint density at radius 2 is 1.83 bits per heavy atom. The average molecular weight is 588 g/mol. The van der Waals surface area contributed by atoms with Crippen molar-refractivity contribution in [1.29, 1.82) is 0 Å². The summed E-state index contributed by atoms with van der Waals surface area (Å²) in [5, 5.41) is 10.7. The van der Waals surface area contributed by atoms with Gasteiger partial charge >= 0.3 is 0 Å². The van der Waals surface area contributed by atoms with Crippen molar-refractivity contribution in [2.24, 2.45) is 17.8 Å². The quantitative estimate of drug-likeness (QED) is 0.251. The zero-order valence-corrected chi connectivity index (χ0v) is 21.7. The number of benzene rings is 1. The molecule has 6 atom stereocenters. The molecular formula is C24H22BrCl2FN2O5. The zero-order valence-electron chi connectivity index (χ0n) is 18.6. The fourth-order valence-corrected chi connectivity index (χ4v) is 7.79. The molecule has 186 valence electrons. The molecule has 4 aliphatic rings. The highest BCUT2D eigenvalue weighted by Gasteiger charge is 2.76. The third-order valence-corrected chi connectivity index (χ3v) is 9.80. The number of rotatable bonds is 4. The van der Waals surface area contributed by atoms with E-state index in [2.05, 4.69) is 15.9 Å². The normalized spacial score (nSPS) is 36.3. The van der Waals surface area contributed by atoms with Crippen LogP contribution in [0.2, 0.25) is 0 Å². The number of para-hydroxylation sites is 1. The number of hydrogen-bond acceptors (Lipinski definition) is 5. The molecule has 4 amide bonds. The summed E-state index contributed by atoms with van der Waals surface area (Å²) < 4.78 is 14.5. The highest BCUT2D eigenvalue weighted by Crippen LogP contribution is 2.66. The van der Waals surface area contributed by atoms with Gasteiger partial charge in [-0.25, -0.2) is 4.39 Å². The molecule has 1 N–H and O–H groups in total. The number of fused-ring (bicyclic) bond motifs is 4. The van der Waals surface area contributed by atoms with E-state index in [1.807, 2.05) is 6.92 Å². The molecule has 5 rings (SSSR count). The van der Waals surface area contributed by atoms with E-state index in [1.54, 1.807) is 6.08 Å². The lowest BCUT2D eigenvalue weighted by Crippen LogP contribution is -2.60. The summed E-state index contributed by atoms with van der Waals surface area (Å²) in [7, 11) is 0. The monoisotopic (exact) mass is 586 g/mol. The number of carbonyl (C=O) groups excluding carboxylic acids is 4. The fraction of sp³-hybridized carbons (Fsp3) is 0.500. The molecule has 0 radical (unpaired) electrons. The van der Waals surface area contributed by atoms with Gasteiger partial charge in [-0.2, -0.15) is 0 Å². The van der Waals surface area contributed by atoms with Crippen LogP contribution >= 0.6 is 39.1 Å². The molecule has 2 saturated heterocycles. The molecule has 0 spiro atoms. The van der Waals surface area contributed by atoms with Crippen LogP contribution in [-0.2, 0) is 19.2 Å². The molecule has 0 aromatic heterocycles. The van der Waals surface area contributed by atoms with Crippen molar-refractivity contribution in [3.05, 3.63) is 41.2 Å². The molecule has 1 aromatic rings. The summed E-state index contributed by atoms with van der Waals surface area (Å²) in [6.07, 6.45) is 2.42. The van der Waals surface area contributed by atoms with E-state index in [0.717, 1.165) is 11.0 Å². The molecule has 3 fully saturated rings. The number of aromatic hydroxyl groups is 1. The first-order chi connectivity index (χ1) is 16.5. The Labute approximate surface area is 219 Å². The van der Waals surface area contributed by atoms with E-state index < -0.39 is 56.8 Å². The van der Waals surface area contributed by atoms with Gasteiger partial charge in [-0.1, -0.05) is 46.6 Å². The number of imide groups is 2. The molecule has 35 heavy (non-hydrogen) atoms. The number of phenolic OH excluding ortho intramolecular Hbond substituents is 1. The molecule has 2 aliphatic heterocycles. The Bertz CT molecular complexity index is 1210. The SMILES string of the molecule is CCCN1C(=O)C2CC=C3C(CC4(Cl)C(=O)N(CBr)C(=O)C4(Cl)C3c3cccc(F)c3O)C2C1=O. The Hall–Kier alpha value is -1.97. The molecule has 6 unspecified atom stereocenters. The minimum Gasteiger partial charge on any atom is -0.505 e. The van der Waals surface area contributed by atoms with Crippen LogP contribution in [0, 0.1) is 23.6 Å². The Morgan fingerprint density at radius 3 is 2.49 bits per heavy atom. The van der Waals surface area contributed by atoms with Crippen LogP contribution in [0.25, 0.3) is 0 Å². The van der Waals surface area contributed by atoms with Crippen LogP contribution in [0.15, 0.2) is 29.8 Å². The lowest BCUT2D eigenvalue weighted by Gasteiger charge is -2.50. The van der Waals surface area contributed by atoms with E-state index in [-0.39, 0.29) is 42.2 Å². The van der Waals surface area contributed by atoms with Gasteiger partial charge in [0.2, 0.25) is 11.8 Å². The first-order valence-corrected chi connectivity index (χ1v) is 13.2. The van der Waals surface area contributed by atoms with E-state index in [9.17, 15) is 28.7 Å². The number of carbonyl (C=O) groups is 4. The van der Waals surface area contributed by atoms with Crippen LogP contribution in [-0.4, -0.2) is 60.3 Å². The molecular weight excluding hydrogens is 566 g/mol. The van der Waals surface area contributed by atoms with E-state index in [4.69, 9.17) is 23.2 Å². The maximum Gasteiger partial charge on any atom is 0.254 e. The minimum atomic E-state index is -2.07. The third kappa shape index (κ3) is 3.01. The lowest BCUT2D eigenvalue weighted by molar-refractivity contribution is -0.141. The second-order valence-electron chi connectivity index (χ2n) is 9.49. The van der Waals surface area contributed by atoms with Gasteiger partial charge in [0.1, 0.15) is 0 Å². The molecule has 11 heteroatoms. The third-order valence-electron chi connectivity index (χ3n) is 7.88. The Morgan fingerprint density at radius 1 is 1.11 bits per heavy atom. The smallest absolute Gasteiger partial charge is 0.254 e. The zero-order chi connectivity index (χ0) is 25.4. The van der Waals surface area contributed by atoms with E-state index in [0.29, 0.717) is 12.0 Å². The highest BCUT2D eigenvalue weighted by molar-refractivity contribution is 9.09. The van der Waals surface area contributed by atoms with Crippen molar-refractivity contribution in [3.8, 4) is 5.75 Å². The van der Waals surface area contributed by atoms with Gasteiger partial charge < -0.3 is 5.11 Å². The maximum atomic E-state index is 14.5. The first kappa shape index (κ1) is 24.7. The summed E-state index contributed by atoms with van der Waals surface area (Å²) in [6.45, 7) is 2.14. The molecule has 0 bridgehead atoms. The summed E-state index contributed by atoms with van der Waals surface area (Å²) in [5.74, 6) is -7.06. The van der Waals surface area contributed by atoms with Gasteiger partial charge in [0.05, 0.1) is 17.3 Å².